The molecule has 1 N–H and O–H groups in total. The average molecular weight is 313 g/mol. The van der Waals surface area contributed by atoms with E-state index in [1.54, 1.807) is 19.1 Å². The molecule has 0 saturated carbocycles. The van der Waals surface area contributed by atoms with E-state index in [4.69, 9.17) is 4.74 Å². The number of carbonyl (C=O) groups is 2. The molecule has 0 bridgehead atoms. The predicted octanol–water partition coefficient (Wildman–Crippen LogP) is 3.15. The number of nitrogens with one attached hydrogen (secondary N) is 1. The Morgan fingerprint density at radius 1 is 1.43 bits per heavy atom. The topological polar surface area (TPSA) is 55.4 Å². The molecular weight excluding hydrogens is 293 g/mol. The minimum absolute atomic E-state index is 0.227. The van der Waals surface area contributed by atoms with Crippen molar-refractivity contribution in [1.29, 1.82) is 0 Å². The molecule has 1 aromatic carbocycles. The second kappa shape index (κ2) is 8.67. The lowest BCUT2D eigenvalue weighted by Crippen LogP contribution is -2.30. The third-order valence-electron chi connectivity index (χ3n) is 2.69. The first-order valence-corrected chi connectivity index (χ1v) is 7.93. The zero-order valence-electron chi connectivity index (χ0n) is 12.4. The summed E-state index contributed by atoms with van der Waals surface area (Å²) in [5.41, 5.74) is 0.840. The maximum atomic E-state index is 13.4. The molecule has 0 aliphatic carbocycles. The van der Waals surface area contributed by atoms with Crippen molar-refractivity contribution in [1.82, 2.24) is 0 Å². The molecule has 0 saturated heterocycles. The second-order valence-corrected chi connectivity index (χ2v) is 5.74. The summed E-state index contributed by atoms with van der Waals surface area (Å²) in [5.74, 6) is -0.199. The third kappa shape index (κ3) is 6.16. The van der Waals surface area contributed by atoms with Crippen LogP contribution < -0.4 is 5.32 Å². The standard InChI is InChI=1S/C15H20FNO3S/c1-4-7-21-9-14(18)20-11(3)15(19)17-12-6-5-10(2)13(16)8-12/h5-6,8,11H,4,7,9H2,1-3H3,(H,17,19)/t11-/m0/s1. The summed E-state index contributed by atoms with van der Waals surface area (Å²) < 4.78 is 18.4. The Bertz CT molecular complexity index is 508. The fraction of sp³-hybridized carbons (Fsp3) is 0.467. The van der Waals surface area contributed by atoms with Crippen LogP contribution in [0.5, 0.6) is 0 Å². The van der Waals surface area contributed by atoms with Crippen LogP contribution in [0.1, 0.15) is 25.8 Å². The number of esters is 1. The van der Waals surface area contributed by atoms with Crippen LogP contribution in [-0.2, 0) is 14.3 Å². The molecule has 0 aromatic heterocycles. The van der Waals surface area contributed by atoms with E-state index in [0.717, 1.165) is 12.2 Å². The summed E-state index contributed by atoms with van der Waals surface area (Å²) >= 11 is 1.47. The molecule has 6 heteroatoms. The van der Waals surface area contributed by atoms with Gasteiger partial charge >= 0.3 is 5.97 Å². The molecule has 0 heterocycles. The van der Waals surface area contributed by atoms with E-state index in [-0.39, 0.29) is 5.75 Å². The van der Waals surface area contributed by atoms with Crippen molar-refractivity contribution in [3.63, 3.8) is 0 Å². The predicted molar refractivity (Wildman–Crippen MR) is 82.9 cm³/mol. The van der Waals surface area contributed by atoms with Crippen LogP contribution in [0.15, 0.2) is 18.2 Å². The zero-order valence-corrected chi connectivity index (χ0v) is 13.3. The van der Waals surface area contributed by atoms with Gasteiger partial charge in [-0.05, 0) is 43.7 Å². The molecule has 0 fully saturated rings. The van der Waals surface area contributed by atoms with E-state index in [1.807, 2.05) is 6.92 Å². The Balaban J connectivity index is 2.46. The first-order valence-electron chi connectivity index (χ1n) is 6.78. The van der Waals surface area contributed by atoms with Gasteiger partial charge in [-0.1, -0.05) is 13.0 Å². The molecule has 0 aliphatic rings. The molecule has 1 amide bonds. The lowest BCUT2D eigenvalue weighted by Gasteiger charge is -2.13. The minimum atomic E-state index is -0.913. The lowest BCUT2D eigenvalue weighted by molar-refractivity contribution is -0.150. The molecule has 0 radical (unpaired) electrons. The number of anilines is 1. The number of aryl methyl sites for hydroxylation is 1. The van der Waals surface area contributed by atoms with Crippen LogP contribution in [0.25, 0.3) is 0 Å². The number of hydrogen-bond acceptors (Lipinski definition) is 4. The average Bonchev–Trinajstić information content (AvgIpc) is 2.43. The number of thioether (sulfide) groups is 1. The molecule has 116 valence electrons. The van der Waals surface area contributed by atoms with E-state index in [1.165, 1.54) is 24.8 Å². The quantitative estimate of drug-likeness (QED) is 0.620. The molecular formula is C15H20FNO3S. The molecule has 1 aromatic rings. The van der Waals surface area contributed by atoms with Crippen LogP contribution in [0.3, 0.4) is 0 Å². The number of carbonyl (C=O) groups excluding carboxylic acids is 2. The summed E-state index contributed by atoms with van der Waals surface area (Å²) in [6, 6.07) is 4.41. The van der Waals surface area contributed by atoms with Crippen molar-refractivity contribution in [3.8, 4) is 0 Å². The van der Waals surface area contributed by atoms with E-state index < -0.39 is 23.8 Å². The molecule has 1 rings (SSSR count). The number of hydrogen-bond donors (Lipinski definition) is 1. The van der Waals surface area contributed by atoms with Crippen LogP contribution in [0, 0.1) is 12.7 Å². The number of rotatable bonds is 7. The third-order valence-corrected chi connectivity index (χ3v) is 3.82. The van der Waals surface area contributed by atoms with Crippen LogP contribution in [0.2, 0.25) is 0 Å². The highest BCUT2D eigenvalue weighted by molar-refractivity contribution is 7.99. The fourth-order valence-corrected chi connectivity index (χ4v) is 2.17. The van der Waals surface area contributed by atoms with E-state index in [0.29, 0.717) is 11.3 Å². The Morgan fingerprint density at radius 2 is 2.14 bits per heavy atom. The lowest BCUT2D eigenvalue weighted by atomic mass is 10.2. The van der Waals surface area contributed by atoms with Gasteiger partial charge in [-0.15, -0.1) is 0 Å². The van der Waals surface area contributed by atoms with Gasteiger partial charge in [0.05, 0.1) is 5.75 Å². The van der Waals surface area contributed by atoms with Gasteiger partial charge in [0.25, 0.3) is 5.91 Å². The van der Waals surface area contributed by atoms with Crippen molar-refractivity contribution < 1.29 is 18.7 Å². The zero-order chi connectivity index (χ0) is 15.8. The maximum absolute atomic E-state index is 13.4. The van der Waals surface area contributed by atoms with E-state index in [9.17, 15) is 14.0 Å². The van der Waals surface area contributed by atoms with E-state index >= 15 is 0 Å². The summed E-state index contributed by atoms with van der Waals surface area (Å²) in [5, 5.41) is 2.52. The summed E-state index contributed by atoms with van der Waals surface area (Å²) in [7, 11) is 0. The number of ether oxygens (including phenoxy) is 1. The Morgan fingerprint density at radius 3 is 2.76 bits per heavy atom. The molecule has 21 heavy (non-hydrogen) atoms. The van der Waals surface area contributed by atoms with Crippen LogP contribution in [-0.4, -0.2) is 29.5 Å². The Hall–Kier alpha value is -1.56. The van der Waals surface area contributed by atoms with Crippen LogP contribution in [0.4, 0.5) is 10.1 Å². The molecule has 0 spiro atoms. The normalized spacial score (nSPS) is 11.8. The minimum Gasteiger partial charge on any atom is -0.452 e. The summed E-state index contributed by atoms with van der Waals surface area (Å²) in [6.45, 7) is 5.15. The first-order chi connectivity index (χ1) is 9.93. The SMILES string of the molecule is CCCSCC(=O)O[C@@H](C)C(=O)Nc1ccc(C)c(F)c1. The van der Waals surface area contributed by atoms with Gasteiger partial charge in [0.15, 0.2) is 6.10 Å². The highest BCUT2D eigenvalue weighted by Crippen LogP contribution is 2.14. The van der Waals surface area contributed by atoms with Crippen molar-refractivity contribution in [2.24, 2.45) is 0 Å². The number of halogens is 1. The number of amides is 1. The maximum Gasteiger partial charge on any atom is 0.316 e. The van der Waals surface area contributed by atoms with Crippen molar-refractivity contribution in [2.45, 2.75) is 33.3 Å². The van der Waals surface area contributed by atoms with Gasteiger partial charge in [-0.3, -0.25) is 9.59 Å². The van der Waals surface area contributed by atoms with Crippen molar-refractivity contribution >= 4 is 29.3 Å². The van der Waals surface area contributed by atoms with Crippen LogP contribution >= 0.6 is 11.8 Å². The first kappa shape index (κ1) is 17.5. The van der Waals surface area contributed by atoms with Gasteiger partial charge in [-0.25, -0.2) is 4.39 Å². The second-order valence-electron chi connectivity index (χ2n) is 4.64. The largest absolute Gasteiger partial charge is 0.452 e. The summed E-state index contributed by atoms with van der Waals surface area (Å²) in [4.78, 5) is 23.4. The molecule has 1 atom stereocenters. The number of benzene rings is 1. The van der Waals surface area contributed by atoms with Gasteiger partial charge in [0.1, 0.15) is 5.82 Å². The highest BCUT2D eigenvalue weighted by atomic mass is 32.2. The van der Waals surface area contributed by atoms with Gasteiger partial charge in [0, 0.05) is 5.69 Å². The highest BCUT2D eigenvalue weighted by Gasteiger charge is 2.18. The van der Waals surface area contributed by atoms with Gasteiger partial charge in [-0.2, -0.15) is 11.8 Å². The van der Waals surface area contributed by atoms with Crippen molar-refractivity contribution in [3.05, 3.63) is 29.6 Å². The Labute approximate surface area is 128 Å². The molecule has 0 aliphatic heterocycles. The Kier molecular flexibility index (Phi) is 7.22. The monoisotopic (exact) mass is 313 g/mol. The fourth-order valence-electron chi connectivity index (χ4n) is 1.50. The van der Waals surface area contributed by atoms with Gasteiger partial charge in [0.2, 0.25) is 0 Å². The van der Waals surface area contributed by atoms with Crippen molar-refractivity contribution in [2.75, 3.05) is 16.8 Å². The molecule has 4 nitrogen and oxygen atoms in total. The van der Waals surface area contributed by atoms with Gasteiger partial charge < -0.3 is 10.1 Å². The smallest absolute Gasteiger partial charge is 0.316 e. The summed E-state index contributed by atoms with van der Waals surface area (Å²) in [6.07, 6.45) is 0.0663. The van der Waals surface area contributed by atoms with E-state index in [2.05, 4.69) is 5.32 Å². The molecule has 0 unspecified atom stereocenters.